The molecule has 3 nitrogen and oxygen atoms in total. The first kappa shape index (κ1) is 12.4. The molecule has 2 fully saturated rings. The predicted molar refractivity (Wildman–Crippen MR) is 66.2 cm³/mol. The minimum atomic E-state index is -2.86. The van der Waals surface area contributed by atoms with E-state index in [-0.39, 0.29) is 11.3 Å². The normalized spacial score (nSPS) is 32.3. The minimum absolute atomic E-state index is 0.131. The highest BCUT2D eigenvalue weighted by Crippen LogP contribution is 2.27. The Labute approximate surface area is 98.9 Å². The second-order valence-electron chi connectivity index (χ2n) is 5.46. The van der Waals surface area contributed by atoms with Gasteiger partial charge in [-0.15, -0.1) is 0 Å². The van der Waals surface area contributed by atoms with Crippen molar-refractivity contribution in [1.82, 2.24) is 5.32 Å². The van der Waals surface area contributed by atoms with Gasteiger partial charge < -0.3 is 5.32 Å². The summed E-state index contributed by atoms with van der Waals surface area (Å²) in [5.41, 5.74) is 0. The van der Waals surface area contributed by atoms with Crippen LogP contribution in [0.2, 0.25) is 0 Å². The summed E-state index contributed by atoms with van der Waals surface area (Å²) in [6.07, 6.45) is 9.67. The Morgan fingerprint density at radius 2 is 1.75 bits per heavy atom. The van der Waals surface area contributed by atoms with Crippen LogP contribution in [0.4, 0.5) is 0 Å². The highest BCUT2D eigenvalue weighted by atomic mass is 32.2. The second-order valence-corrected chi connectivity index (χ2v) is 7.73. The zero-order chi connectivity index (χ0) is 11.6. The minimum Gasteiger partial charge on any atom is -0.312 e. The Hall–Kier alpha value is -0.0900. The van der Waals surface area contributed by atoms with Gasteiger partial charge in [-0.05, 0) is 38.1 Å². The number of hydrogen-bond donors (Lipinski definition) is 1. The van der Waals surface area contributed by atoms with E-state index in [0.29, 0.717) is 0 Å². The topological polar surface area (TPSA) is 46.2 Å². The Kier molecular flexibility index (Phi) is 3.90. The van der Waals surface area contributed by atoms with Gasteiger partial charge >= 0.3 is 0 Å². The number of nitrogens with one attached hydrogen (secondary N) is 1. The van der Waals surface area contributed by atoms with Crippen LogP contribution in [-0.2, 0) is 9.84 Å². The van der Waals surface area contributed by atoms with Crippen LogP contribution in [-0.4, -0.2) is 32.5 Å². The lowest BCUT2D eigenvalue weighted by Gasteiger charge is -2.21. The van der Waals surface area contributed by atoms with E-state index in [4.69, 9.17) is 0 Å². The molecule has 0 aliphatic heterocycles. The van der Waals surface area contributed by atoms with Crippen molar-refractivity contribution < 1.29 is 8.42 Å². The first-order valence-electron chi connectivity index (χ1n) is 6.49. The van der Waals surface area contributed by atoms with Crippen molar-refractivity contribution in [2.75, 3.05) is 12.8 Å². The SMILES string of the molecule is CS(=O)(=O)C1CCCC1NCC1CCCC1. The molecule has 2 aliphatic rings. The van der Waals surface area contributed by atoms with Crippen LogP contribution in [0, 0.1) is 5.92 Å². The van der Waals surface area contributed by atoms with Crippen molar-refractivity contribution in [3.63, 3.8) is 0 Å². The Morgan fingerprint density at radius 3 is 2.38 bits per heavy atom. The lowest BCUT2D eigenvalue weighted by Crippen LogP contribution is -2.41. The summed E-state index contributed by atoms with van der Waals surface area (Å²) in [4.78, 5) is 0. The highest BCUT2D eigenvalue weighted by Gasteiger charge is 2.34. The van der Waals surface area contributed by atoms with Gasteiger partial charge in [0.1, 0.15) is 0 Å². The number of hydrogen-bond acceptors (Lipinski definition) is 3. The molecule has 0 radical (unpaired) electrons. The molecule has 2 aliphatic carbocycles. The molecule has 0 saturated heterocycles. The molecule has 4 heteroatoms. The van der Waals surface area contributed by atoms with Gasteiger partial charge in [-0.3, -0.25) is 0 Å². The monoisotopic (exact) mass is 245 g/mol. The van der Waals surface area contributed by atoms with Crippen LogP contribution in [0.25, 0.3) is 0 Å². The molecule has 0 amide bonds. The fraction of sp³-hybridized carbons (Fsp3) is 1.00. The molecule has 2 rings (SSSR count). The molecule has 2 saturated carbocycles. The van der Waals surface area contributed by atoms with Crippen molar-refractivity contribution in [2.45, 2.75) is 56.2 Å². The van der Waals surface area contributed by atoms with Crippen molar-refractivity contribution >= 4 is 9.84 Å². The molecule has 2 atom stereocenters. The largest absolute Gasteiger partial charge is 0.312 e. The lowest BCUT2D eigenvalue weighted by molar-refractivity contribution is 0.432. The third-order valence-electron chi connectivity index (χ3n) is 4.15. The molecular weight excluding hydrogens is 222 g/mol. The van der Waals surface area contributed by atoms with Gasteiger partial charge in [0.05, 0.1) is 5.25 Å². The van der Waals surface area contributed by atoms with E-state index in [1.165, 1.54) is 31.9 Å². The first-order chi connectivity index (χ1) is 7.57. The number of sulfone groups is 1. The molecule has 0 aromatic rings. The molecule has 2 unspecified atom stereocenters. The van der Waals surface area contributed by atoms with Crippen molar-refractivity contribution in [3.05, 3.63) is 0 Å². The van der Waals surface area contributed by atoms with E-state index < -0.39 is 9.84 Å². The average molecular weight is 245 g/mol. The maximum atomic E-state index is 11.6. The van der Waals surface area contributed by atoms with Crippen molar-refractivity contribution in [2.24, 2.45) is 5.92 Å². The van der Waals surface area contributed by atoms with Crippen molar-refractivity contribution in [3.8, 4) is 0 Å². The van der Waals surface area contributed by atoms with Crippen LogP contribution in [0.1, 0.15) is 44.9 Å². The van der Waals surface area contributed by atoms with E-state index in [9.17, 15) is 8.42 Å². The quantitative estimate of drug-likeness (QED) is 0.820. The van der Waals surface area contributed by atoms with Gasteiger partial charge in [0, 0.05) is 12.3 Å². The summed E-state index contributed by atoms with van der Waals surface area (Å²) in [5, 5.41) is 3.37. The van der Waals surface area contributed by atoms with Crippen LogP contribution in [0.5, 0.6) is 0 Å². The van der Waals surface area contributed by atoms with Gasteiger partial charge in [0.25, 0.3) is 0 Å². The zero-order valence-electron chi connectivity index (χ0n) is 10.1. The number of rotatable bonds is 4. The van der Waals surface area contributed by atoms with Crippen LogP contribution in [0.3, 0.4) is 0 Å². The third kappa shape index (κ3) is 2.98. The van der Waals surface area contributed by atoms with Gasteiger partial charge in [0.2, 0.25) is 0 Å². The summed E-state index contributed by atoms with van der Waals surface area (Å²) in [5.74, 6) is 0.792. The first-order valence-corrected chi connectivity index (χ1v) is 8.45. The van der Waals surface area contributed by atoms with Gasteiger partial charge in [0.15, 0.2) is 9.84 Å². The summed E-state index contributed by atoms with van der Waals surface area (Å²) in [6, 6.07) is 0.218. The summed E-state index contributed by atoms with van der Waals surface area (Å²) in [6.45, 7) is 1.02. The molecule has 1 N–H and O–H groups in total. The molecule has 0 heterocycles. The van der Waals surface area contributed by atoms with E-state index in [2.05, 4.69) is 5.32 Å². The van der Waals surface area contributed by atoms with E-state index in [1.807, 2.05) is 0 Å². The molecule has 0 spiro atoms. The maximum Gasteiger partial charge on any atom is 0.151 e. The predicted octanol–water partition coefficient (Wildman–Crippen LogP) is 1.73. The Bertz CT molecular complexity index is 320. The molecule has 0 bridgehead atoms. The Morgan fingerprint density at radius 1 is 1.06 bits per heavy atom. The summed E-state index contributed by atoms with van der Waals surface area (Å²) >= 11 is 0. The lowest BCUT2D eigenvalue weighted by atomic mass is 10.1. The van der Waals surface area contributed by atoms with E-state index in [0.717, 1.165) is 31.7 Å². The van der Waals surface area contributed by atoms with Gasteiger partial charge in [-0.1, -0.05) is 19.3 Å². The van der Waals surface area contributed by atoms with Gasteiger partial charge in [-0.25, -0.2) is 8.42 Å². The maximum absolute atomic E-state index is 11.6. The van der Waals surface area contributed by atoms with Gasteiger partial charge in [-0.2, -0.15) is 0 Å². The van der Waals surface area contributed by atoms with Crippen LogP contribution >= 0.6 is 0 Å². The fourth-order valence-corrected chi connectivity index (χ4v) is 4.63. The molecule has 94 valence electrons. The van der Waals surface area contributed by atoms with Crippen LogP contribution in [0.15, 0.2) is 0 Å². The molecule has 0 aromatic heterocycles. The zero-order valence-corrected chi connectivity index (χ0v) is 10.9. The Balaban J connectivity index is 1.84. The average Bonchev–Trinajstić information content (AvgIpc) is 2.85. The summed E-state index contributed by atoms with van der Waals surface area (Å²) < 4.78 is 23.2. The highest BCUT2D eigenvalue weighted by molar-refractivity contribution is 7.91. The molecular formula is C12H23NO2S. The van der Waals surface area contributed by atoms with Crippen LogP contribution < -0.4 is 5.32 Å². The third-order valence-corrected chi connectivity index (χ3v) is 5.81. The summed E-state index contributed by atoms with van der Waals surface area (Å²) in [7, 11) is -2.86. The van der Waals surface area contributed by atoms with E-state index >= 15 is 0 Å². The second kappa shape index (κ2) is 5.05. The smallest absolute Gasteiger partial charge is 0.151 e. The van der Waals surface area contributed by atoms with E-state index in [1.54, 1.807) is 0 Å². The fourth-order valence-electron chi connectivity index (χ4n) is 3.20. The molecule has 16 heavy (non-hydrogen) atoms. The molecule has 0 aromatic carbocycles. The van der Waals surface area contributed by atoms with Crippen molar-refractivity contribution in [1.29, 1.82) is 0 Å². The standard InChI is InChI=1S/C12H23NO2S/c1-16(14,15)12-8-4-7-11(12)13-9-10-5-2-3-6-10/h10-13H,2-9H2,1H3.